The SMILES string of the molecule is Cc1ccc2c(CN3CCN(c4cc(C#N)ccn4)CC3)c(C)ccc2c1. The summed E-state index contributed by atoms with van der Waals surface area (Å²) in [4.78, 5) is 9.23. The third kappa shape index (κ3) is 3.65. The first-order chi connectivity index (χ1) is 13.1. The van der Waals surface area contributed by atoms with Crippen LogP contribution in [0, 0.1) is 25.2 Å². The van der Waals surface area contributed by atoms with Gasteiger partial charge < -0.3 is 4.90 Å². The van der Waals surface area contributed by atoms with Gasteiger partial charge in [0.15, 0.2) is 0 Å². The van der Waals surface area contributed by atoms with Gasteiger partial charge in [-0.2, -0.15) is 5.26 Å². The van der Waals surface area contributed by atoms with Crippen LogP contribution in [0.3, 0.4) is 0 Å². The van der Waals surface area contributed by atoms with Crippen LogP contribution < -0.4 is 4.90 Å². The summed E-state index contributed by atoms with van der Waals surface area (Å²) >= 11 is 0. The lowest BCUT2D eigenvalue weighted by Gasteiger charge is -2.35. The number of nitriles is 1. The van der Waals surface area contributed by atoms with Crippen molar-refractivity contribution in [2.45, 2.75) is 20.4 Å². The molecule has 1 saturated heterocycles. The average molecular weight is 356 g/mol. The molecule has 0 radical (unpaired) electrons. The Labute approximate surface area is 160 Å². The molecule has 0 amide bonds. The van der Waals surface area contributed by atoms with Crippen molar-refractivity contribution >= 4 is 16.6 Å². The molecule has 2 heterocycles. The van der Waals surface area contributed by atoms with Gasteiger partial charge in [-0.1, -0.05) is 35.9 Å². The molecule has 0 N–H and O–H groups in total. The van der Waals surface area contributed by atoms with Crippen molar-refractivity contribution in [3.63, 3.8) is 0 Å². The molecule has 0 spiro atoms. The van der Waals surface area contributed by atoms with E-state index in [2.05, 4.69) is 65.0 Å². The fourth-order valence-corrected chi connectivity index (χ4v) is 3.85. The fourth-order valence-electron chi connectivity index (χ4n) is 3.85. The van der Waals surface area contributed by atoms with Gasteiger partial charge in [0, 0.05) is 38.9 Å². The molecule has 4 heteroatoms. The van der Waals surface area contributed by atoms with Gasteiger partial charge in [-0.15, -0.1) is 0 Å². The number of nitrogens with zero attached hydrogens (tertiary/aromatic N) is 4. The molecule has 1 fully saturated rings. The van der Waals surface area contributed by atoms with E-state index >= 15 is 0 Å². The van der Waals surface area contributed by atoms with Crippen molar-refractivity contribution in [2.75, 3.05) is 31.1 Å². The van der Waals surface area contributed by atoms with Crippen LogP contribution in [-0.2, 0) is 6.54 Å². The summed E-state index contributed by atoms with van der Waals surface area (Å²) in [5.74, 6) is 0.908. The number of fused-ring (bicyclic) bond motifs is 1. The minimum Gasteiger partial charge on any atom is -0.354 e. The van der Waals surface area contributed by atoms with Crippen LogP contribution in [0.4, 0.5) is 5.82 Å². The highest BCUT2D eigenvalue weighted by atomic mass is 15.3. The Morgan fingerprint density at radius 3 is 2.59 bits per heavy atom. The van der Waals surface area contributed by atoms with Crippen LogP contribution in [0.2, 0.25) is 0 Å². The molecule has 136 valence electrons. The van der Waals surface area contributed by atoms with Gasteiger partial charge in [0.25, 0.3) is 0 Å². The summed E-state index contributed by atoms with van der Waals surface area (Å²) in [7, 11) is 0. The number of aryl methyl sites for hydroxylation is 2. The normalized spacial score (nSPS) is 15.1. The predicted molar refractivity (Wildman–Crippen MR) is 110 cm³/mol. The number of hydrogen-bond acceptors (Lipinski definition) is 4. The zero-order valence-corrected chi connectivity index (χ0v) is 15.9. The second-order valence-corrected chi connectivity index (χ2v) is 7.36. The topological polar surface area (TPSA) is 43.2 Å². The molecule has 27 heavy (non-hydrogen) atoms. The van der Waals surface area contributed by atoms with Crippen LogP contribution in [0.15, 0.2) is 48.7 Å². The average Bonchev–Trinajstić information content (AvgIpc) is 2.70. The van der Waals surface area contributed by atoms with E-state index in [1.165, 1.54) is 27.5 Å². The molecule has 4 nitrogen and oxygen atoms in total. The zero-order valence-electron chi connectivity index (χ0n) is 15.9. The third-order valence-electron chi connectivity index (χ3n) is 5.47. The van der Waals surface area contributed by atoms with Crippen LogP contribution >= 0.6 is 0 Å². The van der Waals surface area contributed by atoms with Gasteiger partial charge in [0.2, 0.25) is 0 Å². The van der Waals surface area contributed by atoms with E-state index in [4.69, 9.17) is 5.26 Å². The Hall–Kier alpha value is -2.90. The number of rotatable bonds is 3. The molecule has 3 aromatic rings. The largest absolute Gasteiger partial charge is 0.354 e. The summed E-state index contributed by atoms with van der Waals surface area (Å²) in [5, 5.41) is 11.8. The van der Waals surface area contributed by atoms with E-state index in [1.54, 1.807) is 12.3 Å². The lowest BCUT2D eigenvalue weighted by Crippen LogP contribution is -2.46. The van der Waals surface area contributed by atoms with Gasteiger partial charge in [0.05, 0.1) is 11.6 Å². The molecular weight excluding hydrogens is 332 g/mol. The Bertz CT molecular complexity index is 1010. The maximum absolute atomic E-state index is 9.09. The van der Waals surface area contributed by atoms with E-state index < -0.39 is 0 Å². The summed E-state index contributed by atoms with van der Waals surface area (Å²) in [6.45, 7) is 9.21. The lowest BCUT2D eigenvalue weighted by atomic mass is 9.97. The first-order valence-corrected chi connectivity index (χ1v) is 9.46. The smallest absolute Gasteiger partial charge is 0.129 e. The first kappa shape index (κ1) is 17.5. The second kappa shape index (κ2) is 7.38. The summed E-state index contributed by atoms with van der Waals surface area (Å²) in [5.41, 5.74) is 4.77. The summed E-state index contributed by atoms with van der Waals surface area (Å²) in [6.07, 6.45) is 1.72. The minimum absolute atomic E-state index is 0.670. The Morgan fingerprint density at radius 2 is 1.81 bits per heavy atom. The standard InChI is InChI=1S/C23H24N4/c1-17-3-6-21-20(13-17)5-4-18(2)22(21)16-26-9-11-27(12-10-26)23-14-19(15-24)7-8-25-23/h3-8,13-14H,9-12,16H2,1-2H3. The van der Waals surface area contributed by atoms with Gasteiger partial charge >= 0.3 is 0 Å². The molecule has 0 bridgehead atoms. The quantitative estimate of drug-likeness (QED) is 0.710. The van der Waals surface area contributed by atoms with E-state index in [0.717, 1.165) is 38.5 Å². The van der Waals surface area contributed by atoms with E-state index in [1.807, 2.05) is 6.07 Å². The molecule has 1 aromatic heterocycles. The third-order valence-corrected chi connectivity index (χ3v) is 5.47. The van der Waals surface area contributed by atoms with Crippen molar-refractivity contribution in [3.8, 4) is 6.07 Å². The number of benzene rings is 2. The highest BCUT2D eigenvalue weighted by Crippen LogP contribution is 2.25. The lowest BCUT2D eigenvalue weighted by molar-refractivity contribution is 0.250. The van der Waals surface area contributed by atoms with Gasteiger partial charge in [-0.25, -0.2) is 4.98 Å². The summed E-state index contributed by atoms with van der Waals surface area (Å²) in [6, 6.07) is 17.0. The number of pyridine rings is 1. The van der Waals surface area contributed by atoms with E-state index in [-0.39, 0.29) is 0 Å². The van der Waals surface area contributed by atoms with Crippen molar-refractivity contribution in [3.05, 3.63) is 70.9 Å². The second-order valence-electron chi connectivity index (χ2n) is 7.36. The molecular formula is C23H24N4. The van der Waals surface area contributed by atoms with Crippen molar-refractivity contribution in [1.29, 1.82) is 5.26 Å². The highest BCUT2D eigenvalue weighted by Gasteiger charge is 2.19. The first-order valence-electron chi connectivity index (χ1n) is 9.46. The van der Waals surface area contributed by atoms with Crippen LogP contribution in [0.25, 0.3) is 10.8 Å². The molecule has 0 aliphatic carbocycles. The Morgan fingerprint density at radius 1 is 1.00 bits per heavy atom. The Kier molecular flexibility index (Phi) is 4.79. The monoisotopic (exact) mass is 356 g/mol. The predicted octanol–water partition coefficient (Wildman–Crippen LogP) is 4.05. The molecule has 1 aliphatic heterocycles. The summed E-state index contributed by atoms with van der Waals surface area (Å²) < 4.78 is 0. The molecule has 1 aliphatic rings. The molecule has 0 saturated carbocycles. The maximum atomic E-state index is 9.09. The van der Waals surface area contributed by atoms with Crippen LogP contribution in [0.5, 0.6) is 0 Å². The van der Waals surface area contributed by atoms with Gasteiger partial charge in [-0.05, 0) is 47.9 Å². The van der Waals surface area contributed by atoms with Crippen molar-refractivity contribution in [2.24, 2.45) is 0 Å². The van der Waals surface area contributed by atoms with E-state index in [9.17, 15) is 0 Å². The fraction of sp³-hybridized carbons (Fsp3) is 0.304. The van der Waals surface area contributed by atoms with Crippen LogP contribution in [0.1, 0.15) is 22.3 Å². The molecule has 0 unspecified atom stereocenters. The van der Waals surface area contributed by atoms with Gasteiger partial charge in [0.1, 0.15) is 5.82 Å². The number of aromatic nitrogens is 1. The van der Waals surface area contributed by atoms with Gasteiger partial charge in [-0.3, -0.25) is 4.90 Å². The Balaban J connectivity index is 1.49. The highest BCUT2D eigenvalue weighted by molar-refractivity contribution is 5.87. The van der Waals surface area contributed by atoms with Crippen molar-refractivity contribution in [1.82, 2.24) is 9.88 Å². The zero-order chi connectivity index (χ0) is 18.8. The van der Waals surface area contributed by atoms with E-state index in [0.29, 0.717) is 5.56 Å². The maximum Gasteiger partial charge on any atom is 0.129 e. The number of hydrogen-bond donors (Lipinski definition) is 0. The van der Waals surface area contributed by atoms with Crippen molar-refractivity contribution < 1.29 is 0 Å². The number of piperazine rings is 1. The molecule has 4 rings (SSSR count). The number of anilines is 1. The minimum atomic E-state index is 0.670. The molecule has 2 aromatic carbocycles. The van der Waals surface area contributed by atoms with Crippen LogP contribution in [-0.4, -0.2) is 36.1 Å². The molecule has 0 atom stereocenters.